The van der Waals surface area contributed by atoms with Crippen molar-refractivity contribution in [2.45, 2.75) is 58.6 Å². The SMILES string of the molecule is Cc1nc([C@@H](C)c2cc(Cl)c(F)c(-c3ccc(C(=O)OC(=O)[C@@H]4CCCN4)nc3)c2OC(C)C)n2ccnc(N)c12. The Labute approximate surface area is 241 Å². The molecule has 10 nitrogen and oxygen atoms in total. The fourth-order valence-electron chi connectivity index (χ4n) is 5.05. The molecular formula is C29H30ClFN6O4. The van der Waals surface area contributed by atoms with Crippen molar-refractivity contribution in [1.82, 2.24) is 24.7 Å². The van der Waals surface area contributed by atoms with Gasteiger partial charge in [-0.05, 0) is 52.3 Å². The predicted octanol–water partition coefficient (Wildman–Crippen LogP) is 4.85. The topological polar surface area (TPSA) is 134 Å². The molecule has 0 aliphatic carbocycles. The predicted molar refractivity (Wildman–Crippen MR) is 152 cm³/mol. The number of fused-ring (bicyclic) bond motifs is 1. The average Bonchev–Trinajstić information content (AvgIpc) is 3.59. The van der Waals surface area contributed by atoms with Crippen LogP contribution in [-0.4, -0.2) is 50.0 Å². The molecule has 0 saturated carbocycles. The summed E-state index contributed by atoms with van der Waals surface area (Å²) < 4.78 is 28.8. The van der Waals surface area contributed by atoms with E-state index in [0.29, 0.717) is 46.9 Å². The number of nitrogens with two attached hydrogens (primary N) is 1. The molecule has 3 N–H and O–H groups in total. The smallest absolute Gasteiger partial charge is 0.364 e. The second kappa shape index (κ2) is 11.4. The van der Waals surface area contributed by atoms with Gasteiger partial charge in [-0.2, -0.15) is 0 Å². The molecular weight excluding hydrogens is 551 g/mol. The number of hydrogen-bond donors (Lipinski definition) is 2. The van der Waals surface area contributed by atoms with Crippen LogP contribution in [0, 0.1) is 12.7 Å². The van der Waals surface area contributed by atoms with Crippen molar-refractivity contribution in [3.8, 4) is 16.9 Å². The Morgan fingerprint density at radius 3 is 2.68 bits per heavy atom. The fraction of sp³-hybridized carbons (Fsp3) is 0.345. The number of halogens is 2. The standard InChI is InChI=1S/C29H30ClFN6O4/c1-14(2)40-25-18(15(3)27-36-16(4)24-26(32)34-10-11-37(24)27)12-19(30)23(31)22(25)17-7-8-21(35-13-17)29(39)41-28(38)20-6-5-9-33-20/h7-8,10-15,20,33H,5-6,9H2,1-4H3,(H2,32,34)/t15-,20-/m0/s1. The molecule has 4 heterocycles. The Bertz CT molecular complexity index is 1630. The van der Waals surface area contributed by atoms with Crippen LogP contribution in [0.1, 0.15) is 67.1 Å². The highest BCUT2D eigenvalue weighted by Crippen LogP contribution is 2.44. The minimum Gasteiger partial charge on any atom is -0.490 e. The van der Waals surface area contributed by atoms with E-state index in [4.69, 9.17) is 31.8 Å². The van der Waals surface area contributed by atoms with Crippen molar-refractivity contribution in [3.05, 3.63) is 70.4 Å². The van der Waals surface area contributed by atoms with Gasteiger partial charge in [-0.1, -0.05) is 24.6 Å². The minimum absolute atomic E-state index is 0.0884. The van der Waals surface area contributed by atoms with Crippen LogP contribution in [0.2, 0.25) is 5.02 Å². The maximum absolute atomic E-state index is 15.7. The molecule has 5 rings (SSSR count). The average molecular weight is 581 g/mol. The Hall–Kier alpha value is -4.09. The van der Waals surface area contributed by atoms with E-state index in [0.717, 1.165) is 6.42 Å². The maximum atomic E-state index is 15.7. The first-order valence-electron chi connectivity index (χ1n) is 13.3. The van der Waals surface area contributed by atoms with Gasteiger partial charge in [0.05, 0.1) is 22.4 Å². The van der Waals surface area contributed by atoms with Gasteiger partial charge in [0.25, 0.3) is 0 Å². The van der Waals surface area contributed by atoms with Crippen LogP contribution in [0.5, 0.6) is 5.75 Å². The second-order valence-corrected chi connectivity index (χ2v) is 10.6. The van der Waals surface area contributed by atoms with Crippen molar-refractivity contribution in [3.63, 3.8) is 0 Å². The van der Waals surface area contributed by atoms with Crippen molar-refractivity contribution in [2.75, 3.05) is 12.3 Å². The molecule has 1 fully saturated rings. The van der Waals surface area contributed by atoms with E-state index >= 15 is 4.39 Å². The van der Waals surface area contributed by atoms with Crippen molar-refractivity contribution >= 4 is 34.9 Å². The van der Waals surface area contributed by atoms with Crippen molar-refractivity contribution in [2.24, 2.45) is 0 Å². The number of anilines is 1. The number of hydrogen-bond acceptors (Lipinski definition) is 9. The lowest BCUT2D eigenvalue weighted by molar-refractivity contribution is -0.140. The monoisotopic (exact) mass is 580 g/mol. The molecule has 1 aromatic carbocycles. The molecule has 0 spiro atoms. The molecule has 1 aliphatic rings. The second-order valence-electron chi connectivity index (χ2n) is 10.2. The van der Waals surface area contributed by atoms with Gasteiger partial charge in [-0.15, -0.1) is 0 Å². The van der Waals surface area contributed by atoms with Gasteiger partial charge in [0.1, 0.15) is 34.6 Å². The van der Waals surface area contributed by atoms with Crippen LogP contribution in [0.4, 0.5) is 10.2 Å². The third-order valence-corrected chi connectivity index (χ3v) is 7.27. The van der Waals surface area contributed by atoms with Crippen molar-refractivity contribution in [1.29, 1.82) is 0 Å². The molecule has 0 radical (unpaired) electrons. The van der Waals surface area contributed by atoms with Gasteiger partial charge in [-0.25, -0.2) is 28.9 Å². The number of nitrogens with one attached hydrogen (secondary N) is 1. The number of rotatable bonds is 7. The molecule has 214 valence electrons. The van der Waals surface area contributed by atoms with E-state index in [-0.39, 0.29) is 28.1 Å². The summed E-state index contributed by atoms with van der Waals surface area (Å²) in [6.07, 6.45) is 5.80. The van der Waals surface area contributed by atoms with Gasteiger partial charge in [0.15, 0.2) is 5.82 Å². The Morgan fingerprint density at radius 1 is 1.24 bits per heavy atom. The number of nitrogens with zero attached hydrogens (tertiary/aromatic N) is 4. The number of ether oxygens (including phenoxy) is 2. The molecule has 1 aliphatic heterocycles. The number of carbonyl (C=O) groups is 2. The lowest BCUT2D eigenvalue weighted by atomic mass is 9.93. The first-order chi connectivity index (χ1) is 19.6. The number of pyridine rings is 1. The number of aryl methyl sites for hydroxylation is 1. The summed E-state index contributed by atoms with van der Waals surface area (Å²) in [5, 5.41) is 2.87. The quantitative estimate of drug-likeness (QED) is 0.232. The van der Waals surface area contributed by atoms with E-state index in [1.54, 1.807) is 12.4 Å². The molecule has 0 unspecified atom stereocenters. The van der Waals surface area contributed by atoms with E-state index in [2.05, 4.69) is 15.3 Å². The van der Waals surface area contributed by atoms with Crippen LogP contribution < -0.4 is 15.8 Å². The van der Waals surface area contributed by atoms with Crippen LogP contribution in [0.15, 0.2) is 36.8 Å². The fourth-order valence-corrected chi connectivity index (χ4v) is 5.26. The van der Waals surface area contributed by atoms with E-state index in [9.17, 15) is 9.59 Å². The molecule has 12 heteroatoms. The van der Waals surface area contributed by atoms with Crippen molar-refractivity contribution < 1.29 is 23.5 Å². The Kier molecular flexibility index (Phi) is 7.92. The minimum atomic E-state index is -0.884. The maximum Gasteiger partial charge on any atom is 0.364 e. The normalized spacial score (nSPS) is 15.8. The van der Waals surface area contributed by atoms with E-state index < -0.39 is 29.7 Å². The van der Waals surface area contributed by atoms with Gasteiger partial charge >= 0.3 is 11.9 Å². The Balaban J connectivity index is 1.55. The molecule has 1 saturated heterocycles. The highest BCUT2D eigenvalue weighted by molar-refractivity contribution is 6.31. The number of benzene rings is 1. The van der Waals surface area contributed by atoms with Crippen LogP contribution >= 0.6 is 11.6 Å². The molecule has 41 heavy (non-hydrogen) atoms. The first-order valence-corrected chi connectivity index (χ1v) is 13.7. The zero-order valence-corrected chi connectivity index (χ0v) is 23.8. The highest BCUT2D eigenvalue weighted by Gasteiger charge is 2.29. The molecule has 0 bridgehead atoms. The largest absolute Gasteiger partial charge is 0.490 e. The zero-order valence-electron chi connectivity index (χ0n) is 23.1. The molecule has 3 aromatic heterocycles. The number of carbonyl (C=O) groups excluding carboxylic acids is 2. The highest BCUT2D eigenvalue weighted by atomic mass is 35.5. The summed E-state index contributed by atoms with van der Waals surface area (Å²) in [6, 6.07) is 3.90. The van der Waals surface area contributed by atoms with Gasteiger partial charge in [-0.3, -0.25) is 4.40 Å². The summed E-state index contributed by atoms with van der Waals surface area (Å²) in [4.78, 5) is 37.9. The summed E-state index contributed by atoms with van der Waals surface area (Å²) in [6.45, 7) is 8.11. The summed E-state index contributed by atoms with van der Waals surface area (Å²) in [5.74, 6) is -1.37. The number of imidazole rings is 1. The first kappa shape index (κ1) is 28.4. The lowest BCUT2D eigenvalue weighted by Gasteiger charge is -2.23. The lowest BCUT2D eigenvalue weighted by Crippen LogP contribution is -2.34. The summed E-state index contributed by atoms with van der Waals surface area (Å²) in [7, 11) is 0. The number of nitrogen functional groups attached to an aromatic ring is 1. The van der Waals surface area contributed by atoms with E-state index in [1.807, 2.05) is 32.1 Å². The summed E-state index contributed by atoms with van der Waals surface area (Å²) in [5.41, 5.74) is 8.42. The third-order valence-electron chi connectivity index (χ3n) is 6.99. The molecule has 4 aromatic rings. The van der Waals surface area contributed by atoms with E-state index in [1.165, 1.54) is 24.4 Å². The third kappa shape index (κ3) is 5.47. The number of aromatic nitrogens is 4. The van der Waals surface area contributed by atoms with Crippen LogP contribution in [0.25, 0.3) is 16.6 Å². The van der Waals surface area contributed by atoms with Gasteiger partial charge < -0.3 is 20.5 Å². The van der Waals surface area contributed by atoms with Crippen LogP contribution in [0.3, 0.4) is 0 Å². The Morgan fingerprint density at radius 2 is 2.02 bits per heavy atom. The molecule has 2 atom stereocenters. The molecule has 0 amide bonds. The van der Waals surface area contributed by atoms with Gasteiger partial charge in [0.2, 0.25) is 0 Å². The zero-order chi connectivity index (χ0) is 29.4. The van der Waals surface area contributed by atoms with Crippen LogP contribution in [-0.2, 0) is 9.53 Å². The van der Waals surface area contributed by atoms with Gasteiger partial charge in [0, 0.05) is 35.6 Å². The summed E-state index contributed by atoms with van der Waals surface area (Å²) >= 11 is 6.43. The number of esters is 2.